The van der Waals surface area contributed by atoms with Crippen molar-refractivity contribution in [3.63, 3.8) is 0 Å². The van der Waals surface area contributed by atoms with Crippen LogP contribution in [0.5, 0.6) is 0 Å². The minimum Gasteiger partial charge on any atom is -0.380 e. The van der Waals surface area contributed by atoms with Crippen LogP contribution in [0.3, 0.4) is 0 Å². The third-order valence-electron chi connectivity index (χ3n) is 3.59. The molecule has 0 amide bonds. The smallest absolute Gasteiger partial charge is 0.152 e. The third kappa shape index (κ3) is 3.59. The van der Waals surface area contributed by atoms with Gasteiger partial charge in [0.25, 0.3) is 0 Å². The molecular weight excluding hydrogens is 300 g/mol. The number of anilines is 1. The SMILES string of the molecule is CCC1CCC(Nc2cc(Br)cnc2Cl)CC1. The van der Waals surface area contributed by atoms with E-state index in [4.69, 9.17) is 11.6 Å². The fourth-order valence-electron chi connectivity index (χ4n) is 2.46. The highest BCUT2D eigenvalue weighted by Crippen LogP contribution is 2.30. The highest BCUT2D eigenvalue weighted by molar-refractivity contribution is 9.10. The largest absolute Gasteiger partial charge is 0.380 e. The topological polar surface area (TPSA) is 24.9 Å². The van der Waals surface area contributed by atoms with Crippen LogP contribution in [-0.2, 0) is 0 Å². The fraction of sp³-hybridized carbons (Fsp3) is 0.615. The molecular formula is C13H18BrClN2. The molecule has 2 rings (SSSR count). The van der Waals surface area contributed by atoms with Crippen LogP contribution < -0.4 is 5.32 Å². The van der Waals surface area contributed by atoms with E-state index in [1.807, 2.05) is 6.07 Å². The number of nitrogens with one attached hydrogen (secondary N) is 1. The van der Waals surface area contributed by atoms with Gasteiger partial charge >= 0.3 is 0 Å². The van der Waals surface area contributed by atoms with E-state index < -0.39 is 0 Å². The molecule has 17 heavy (non-hydrogen) atoms. The molecule has 0 unspecified atom stereocenters. The van der Waals surface area contributed by atoms with Crippen molar-refractivity contribution in [2.24, 2.45) is 5.92 Å². The molecule has 1 aliphatic carbocycles. The Bertz CT molecular complexity index is 376. The quantitative estimate of drug-likeness (QED) is 0.804. The van der Waals surface area contributed by atoms with Crippen molar-refractivity contribution in [1.82, 2.24) is 4.98 Å². The molecule has 1 fully saturated rings. The lowest BCUT2D eigenvalue weighted by Crippen LogP contribution is -2.26. The molecule has 0 atom stereocenters. The lowest BCUT2D eigenvalue weighted by molar-refractivity contribution is 0.330. The first-order valence-corrected chi connectivity index (χ1v) is 7.43. The Kier molecular flexibility index (Phi) is 4.69. The molecule has 0 saturated heterocycles. The maximum Gasteiger partial charge on any atom is 0.152 e. The van der Waals surface area contributed by atoms with E-state index in [1.54, 1.807) is 6.20 Å². The predicted molar refractivity (Wildman–Crippen MR) is 76.6 cm³/mol. The van der Waals surface area contributed by atoms with E-state index >= 15 is 0 Å². The van der Waals surface area contributed by atoms with Gasteiger partial charge in [0, 0.05) is 16.7 Å². The van der Waals surface area contributed by atoms with Gasteiger partial charge < -0.3 is 5.32 Å². The van der Waals surface area contributed by atoms with Crippen LogP contribution in [-0.4, -0.2) is 11.0 Å². The van der Waals surface area contributed by atoms with Gasteiger partial charge in [-0.15, -0.1) is 0 Å². The average Bonchev–Trinajstić information content (AvgIpc) is 2.35. The Hall–Kier alpha value is -0.280. The monoisotopic (exact) mass is 316 g/mol. The molecule has 1 heterocycles. The standard InChI is InChI=1S/C13H18BrClN2/c1-2-9-3-5-11(6-4-9)17-12-7-10(14)8-16-13(12)15/h7-9,11,17H,2-6H2,1H3. The number of hydrogen-bond acceptors (Lipinski definition) is 2. The Balaban J connectivity index is 1.95. The van der Waals surface area contributed by atoms with Crippen LogP contribution in [0.2, 0.25) is 5.15 Å². The van der Waals surface area contributed by atoms with Gasteiger partial charge in [0.05, 0.1) is 5.69 Å². The van der Waals surface area contributed by atoms with Crippen molar-refractivity contribution >= 4 is 33.2 Å². The zero-order valence-corrected chi connectivity index (χ0v) is 12.4. The van der Waals surface area contributed by atoms with Gasteiger partial charge in [-0.3, -0.25) is 0 Å². The van der Waals surface area contributed by atoms with Gasteiger partial charge in [0.2, 0.25) is 0 Å². The maximum atomic E-state index is 6.08. The summed E-state index contributed by atoms with van der Waals surface area (Å²) in [7, 11) is 0. The Morgan fingerprint density at radius 1 is 1.41 bits per heavy atom. The van der Waals surface area contributed by atoms with E-state index in [0.717, 1.165) is 16.1 Å². The summed E-state index contributed by atoms with van der Waals surface area (Å²) in [5.41, 5.74) is 0.945. The molecule has 0 bridgehead atoms. The number of rotatable bonds is 3. The first-order chi connectivity index (χ1) is 8.19. The van der Waals surface area contributed by atoms with Crippen LogP contribution >= 0.6 is 27.5 Å². The van der Waals surface area contributed by atoms with Gasteiger partial charge in [-0.25, -0.2) is 4.98 Å². The molecule has 4 heteroatoms. The lowest BCUT2D eigenvalue weighted by Gasteiger charge is -2.29. The van der Waals surface area contributed by atoms with Crippen LogP contribution in [0.1, 0.15) is 39.0 Å². The second-order valence-electron chi connectivity index (χ2n) is 4.76. The van der Waals surface area contributed by atoms with Gasteiger partial charge in [-0.2, -0.15) is 0 Å². The van der Waals surface area contributed by atoms with E-state index in [1.165, 1.54) is 32.1 Å². The second-order valence-corrected chi connectivity index (χ2v) is 6.04. The van der Waals surface area contributed by atoms with Crippen molar-refractivity contribution in [2.45, 2.75) is 45.1 Å². The van der Waals surface area contributed by atoms with E-state index in [2.05, 4.69) is 33.2 Å². The molecule has 0 aliphatic heterocycles. The van der Waals surface area contributed by atoms with Crippen molar-refractivity contribution in [1.29, 1.82) is 0 Å². The molecule has 1 aliphatic rings. The second kappa shape index (κ2) is 6.05. The first kappa shape index (κ1) is 13.2. The van der Waals surface area contributed by atoms with Crippen molar-refractivity contribution in [3.8, 4) is 0 Å². The Labute approximate surface area is 116 Å². The molecule has 1 N–H and O–H groups in total. The molecule has 1 saturated carbocycles. The highest BCUT2D eigenvalue weighted by Gasteiger charge is 2.20. The molecule has 2 nitrogen and oxygen atoms in total. The average molecular weight is 318 g/mol. The lowest BCUT2D eigenvalue weighted by atomic mass is 9.84. The van der Waals surface area contributed by atoms with Crippen molar-refractivity contribution in [3.05, 3.63) is 21.9 Å². The minimum absolute atomic E-state index is 0.548. The van der Waals surface area contributed by atoms with Crippen molar-refractivity contribution in [2.75, 3.05) is 5.32 Å². The number of aromatic nitrogens is 1. The fourth-order valence-corrected chi connectivity index (χ4v) is 2.95. The summed E-state index contributed by atoms with van der Waals surface area (Å²) in [5, 5.41) is 4.07. The normalized spacial score (nSPS) is 24.6. The summed E-state index contributed by atoms with van der Waals surface area (Å²) < 4.78 is 0.964. The van der Waals surface area contributed by atoms with Gasteiger partial charge in [-0.1, -0.05) is 24.9 Å². The zero-order chi connectivity index (χ0) is 12.3. The molecule has 1 aromatic rings. The highest BCUT2D eigenvalue weighted by atomic mass is 79.9. The summed E-state index contributed by atoms with van der Waals surface area (Å²) >= 11 is 9.50. The summed E-state index contributed by atoms with van der Waals surface area (Å²) in [6.45, 7) is 2.29. The molecule has 0 spiro atoms. The van der Waals surface area contributed by atoms with Crippen LogP contribution in [0.25, 0.3) is 0 Å². The third-order valence-corrected chi connectivity index (χ3v) is 4.32. The number of nitrogens with zero attached hydrogens (tertiary/aromatic N) is 1. The van der Waals surface area contributed by atoms with E-state index in [0.29, 0.717) is 11.2 Å². The van der Waals surface area contributed by atoms with Gasteiger partial charge in [-0.05, 0) is 53.6 Å². The van der Waals surface area contributed by atoms with E-state index in [-0.39, 0.29) is 0 Å². The summed E-state index contributed by atoms with van der Waals surface area (Å²) in [4.78, 5) is 4.13. The number of halogens is 2. The summed E-state index contributed by atoms with van der Waals surface area (Å²) in [5.74, 6) is 0.921. The first-order valence-electron chi connectivity index (χ1n) is 6.26. The van der Waals surface area contributed by atoms with Crippen molar-refractivity contribution < 1.29 is 0 Å². The maximum absolute atomic E-state index is 6.08. The van der Waals surface area contributed by atoms with E-state index in [9.17, 15) is 0 Å². The zero-order valence-electron chi connectivity index (χ0n) is 10.0. The van der Waals surface area contributed by atoms with Gasteiger partial charge in [0.15, 0.2) is 5.15 Å². The molecule has 1 aromatic heterocycles. The predicted octanol–water partition coefficient (Wildman–Crippen LogP) is 4.88. The Morgan fingerprint density at radius 3 is 2.76 bits per heavy atom. The van der Waals surface area contributed by atoms with Crippen LogP contribution in [0, 0.1) is 5.92 Å². The summed E-state index contributed by atoms with van der Waals surface area (Å²) in [6.07, 6.45) is 8.16. The summed E-state index contributed by atoms with van der Waals surface area (Å²) in [6, 6.07) is 2.55. The number of hydrogen-bond donors (Lipinski definition) is 1. The van der Waals surface area contributed by atoms with Crippen LogP contribution in [0.4, 0.5) is 5.69 Å². The Morgan fingerprint density at radius 2 is 2.12 bits per heavy atom. The molecule has 0 radical (unpaired) electrons. The molecule has 0 aromatic carbocycles. The van der Waals surface area contributed by atoms with Crippen LogP contribution in [0.15, 0.2) is 16.7 Å². The minimum atomic E-state index is 0.548. The molecule has 94 valence electrons. The number of pyridine rings is 1. The van der Waals surface area contributed by atoms with Gasteiger partial charge in [0.1, 0.15) is 0 Å².